The number of nitrogens with zero attached hydrogens (tertiary/aromatic N) is 3. The van der Waals surface area contributed by atoms with Crippen molar-refractivity contribution in [1.29, 1.82) is 0 Å². The molecule has 0 N–H and O–H groups in total. The van der Waals surface area contributed by atoms with Crippen molar-refractivity contribution in [2.24, 2.45) is 17.8 Å². The number of halogens is 1. The van der Waals surface area contributed by atoms with Crippen LogP contribution in [0, 0.1) is 23.6 Å². The zero-order chi connectivity index (χ0) is 31.2. The van der Waals surface area contributed by atoms with Gasteiger partial charge in [0.15, 0.2) is 23.1 Å². The van der Waals surface area contributed by atoms with Gasteiger partial charge in [-0.2, -0.15) is 0 Å². The Morgan fingerprint density at radius 2 is 1.64 bits per heavy atom. The van der Waals surface area contributed by atoms with E-state index in [4.69, 9.17) is 9.47 Å². The Bertz CT molecular complexity index is 1470. The van der Waals surface area contributed by atoms with Crippen LogP contribution in [0.25, 0.3) is 0 Å². The van der Waals surface area contributed by atoms with E-state index in [2.05, 4.69) is 16.8 Å². The first kappa shape index (κ1) is 31.3. The topological polar surface area (TPSA) is 89.0 Å². The number of piperidine rings is 2. The number of carbonyl (C=O) groups excluding carboxylic acids is 3. The average Bonchev–Trinajstić information content (AvgIpc) is 3.05. The van der Waals surface area contributed by atoms with E-state index >= 15 is 0 Å². The summed E-state index contributed by atoms with van der Waals surface area (Å²) in [6.45, 7) is 5.45. The molecule has 5 rings (SSSR count). The predicted octanol–water partition coefficient (Wildman–Crippen LogP) is 5.70. The fraction of sp³-hybridized carbons (Fsp3) is 0.429. The summed E-state index contributed by atoms with van der Waals surface area (Å²) in [7, 11) is 3.05. The third-order valence-corrected chi connectivity index (χ3v) is 9.07. The maximum absolute atomic E-state index is 14.1. The van der Waals surface area contributed by atoms with Gasteiger partial charge in [0.25, 0.3) is 5.91 Å². The first-order valence-corrected chi connectivity index (χ1v) is 15.3. The first-order chi connectivity index (χ1) is 21.2. The maximum Gasteiger partial charge on any atom is 0.272 e. The van der Waals surface area contributed by atoms with E-state index in [-0.39, 0.29) is 40.9 Å². The average molecular weight is 602 g/mol. The van der Waals surface area contributed by atoms with Crippen molar-refractivity contribution in [2.45, 2.75) is 39.2 Å². The third kappa shape index (κ3) is 7.33. The number of likely N-dealkylation sites (tertiary alicyclic amines) is 2. The molecule has 1 amide bonds. The van der Waals surface area contributed by atoms with Gasteiger partial charge >= 0.3 is 0 Å². The van der Waals surface area contributed by atoms with Crippen molar-refractivity contribution in [3.63, 3.8) is 0 Å². The summed E-state index contributed by atoms with van der Waals surface area (Å²) in [5, 5.41) is 0. The fourth-order valence-corrected chi connectivity index (χ4v) is 6.33. The summed E-state index contributed by atoms with van der Waals surface area (Å²) in [5.74, 6) is 0.950. The van der Waals surface area contributed by atoms with Crippen LogP contribution in [0.15, 0.2) is 60.8 Å². The van der Waals surface area contributed by atoms with Gasteiger partial charge in [-0.15, -0.1) is 0 Å². The Morgan fingerprint density at radius 3 is 2.25 bits per heavy atom. The van der Waals surface area contributed by atoms with Crippen LogP contribution in [0.2, 0.25) is 0 Å². The molecule has 0 spiro atoms. The summed E-state index contributed by atoms with van der Waals surface area (Å²) in [6, 6.07) is 15.5. The lowest BCUT2D eigenvalue weighted by Crippen LogP contribution is -2.40. The van der Waals surface area contributed by atoms with E-state index < -0.39 is 0 Å². The maximum atomic E-state index is 14.1. The second-order valence-corrected chi connectivity index (χ2v) is 11.9. The zero-order valence-corrected chi connectivity index (χ0v) is 25.6. The molecule has 8 nitrogen and oxygen atoms in total. The lowest BCUT2D eigenvalue weighted by molar-refractivity contribution is 0.0645. The molecule has 3 heterocycles. The standard InChI is InChI=1S/C35H40FN3O5/c1-23-21-38(22-24-4-11-33(44-3)30(36)18-24)15-12-27(23)19-32(40)28-7-10-31(37-20-28)35(42)39-16-13-26(14-17-39)34(41)25-5-8-29(43-2)9-6-25/h4-11,18,20,23,26-27H,12-17,19,21-22H2,1-3H3/t23-,27?/m0/s1. The largest absolute Gasteiger partial charge is 0.497 e. The normalized spacial score (nSPS) is 19.4. The SMILES string of the molecule is COc1ccc(C(=O)C2CCN(C(=O)c3ccc(C(=O)CC4CCN(Cc5ccc(OC)c(F)c5)C[C@@H]4C)cn3)CC2)cc1. The molecule has 232 valence electrons. The second-order valence-electron chi connectivity index (χ2n) is 11.9. The molecule has 2 aromatic carbocycles. The number of ketones is 2. The van der Waals surface area contributed by atoms with Crippen molar-refractivity contribution < 1.29 is 28.2 Å². The molecule has 2 fully saturated rings. The first-order valence-electron chi connectivity index (χ1n) is 15.3. The Hall–Kier alpha value is -4.11. The minimum atomic E-state index is -0.360. The molecular formula is C35H40FN3O5. The van der Waals surface area contributed by atoms with Crippen LogP contribution in [0.1, 0.15) is 69.4 Å². The molecule has 2 saturated heterocycles. The minimum absolute atomic E-state index is 0.0249. The second kappa shape index (κ2) is 14.1. The van der Waals surface area contributed by atoms with Crippen LogP contribution < -0.4 is 9.47 Å². The van der Waals surface area contributed by atoms with Gasteiger partial charge in [-0.25, -0.2) is 4.39 Å². The minimum Gasteiger partial charge on any atom is -0.497 e. The summed E-state index contributed by atoms with van der Waals surface area (Å²) in [4.78, 5) is 47.5. The van der Waals surface area contributed by atoms with E-state index in [0.29, 0.717) is 67.4 Å². The van der Waals surface area contributed by atoms with Crippen molar-refractivity contribution >= 4 is 17.5 Å². The molecule has 0 radical (unpaired) electrons. The van der Waals surface area contributed by atoms with Crippen LogP contribution >= 0.6 is 0 Å². The number of hydrogen-bond acceptors (Lipinski definition) is 7. The molecule has 3 aromatic rings. The lowest BCUT2D eigenvalue weighted by Gasteiger charge is -2.36. The van der Waals surface area contributed by atoms with Crippen molar-refractivity contribution in [3.8, 4) is 11.5 Å². The van der Waals surface area contributed by atoms with Gasteiger partial charge in [0.1, 0.15) is 11.4 Å². The molecule has 0 aliphatic carbocycles. The molecule has 0 saturated carbocycles. The molecule has 2 aliphatic rings. The quantitative estimate of drug-likeness (QED) is 0.275. The van der Waals surface area contributed by atoms with Gasteiger partial charge in [0, 0.05) is 55.8 Å². The molecule has 44 heavy (non-hydrogen) atoms. The smallest absolute Gasteiger partial charge is 0.272 e. The zero-order valence-electron chi connectivity index (χ0n) is 25.6. The number of Topliss-reactive ketones (excluding diaryl/α,β-unsaturated/α-hetero) is 2. The van der Waals surface area contributed by atoms with Gasteiger partial charge in [-0.3, -0.25) is 24.3 Å². The number of amides is 1. The van der Waals surface area contributed by atoms with E-state index in [0.717, 1.165) is 25.1 Å². The summed E-state index contributed by atoms with van der Waals surface area (Å²) in [6.07, 6.45) is 4.01. The van der Waals surface area contributed by atoms with Gasteiger partial charge in [-0.05, 0) is 91.7 Å². The highest BCUT2D eigenvalue weighted by Gasteiger charge is 2.30. The Balaban J connectivity index is 1.09. The van der Waals surface area contributed by atoms with E-state index in [1.807, 2.05) is 6.07 Å². The highest BCUT2D eigenvalue weighted by molar-refractivity contribution is 5.99. The summed E-state index contributed by atoms with van der Waals surface area (Å²) < 4.78 is 24.3. The molecule has 1 unspecified atom stereocenters. The van der Waals surface area contributed by atoms with Crippen LogP contribution in [-0.2, 0) is 6.54 Å². The van der Waals surface area contributed by atoms with Crippen molar-refractivity contribution in [3.05, 3.63) is 89.0 Å². The summed E-state index contributed by atoms with van der Waals surface area (Å²) >= 11 is 0. The molecule has 2 aliphatic heterocycles. The monoisotopic (exact) mass is 601 g/mol. The lowest BCUT2D eigenvalue weighted by atomic mass is 9.82. The molecule has 0 bridgehead atoms. The van der Waals surface area contributed by atoms with E-state index in [9.17, 15) is 18.8 Å². The number of carbonyl (C=O) groups is 3. The van der Waals surface area contributed by atoms with E-state index in [1.165, 1.54) is 19.4 Å². The van der Waals surface area contributed by atoms with Crippen molar-refractivity contribution in [1.82, 2.24) is 14.8 Å². The highest BCUT2D eigenvalue weighted by atomic mass is 19.1. The Morgan fingerprint density at radius 1 is 0.909 bits per heavy atom. The van der Waals surface area contributed by atoms with Gasteiger partial charge in [0.05, 0.1) is 14.2 Å². The Labute approximate surface area is 258 Å². The molecule has 1 aromatic heterocycles. The number of rotatable bonds is 10. The van der Waals surface area contributed by atoms with Crippen LogP contribution in [-0.4, -0.2) is 72.7 Å². The number of methoxy groups -OCH3 is 2. The number of aromatic nitrogens is 1. The Kier molecular flexibility index (Phi) is 10.0. The predicted molar refractivity (Wildman–Crippen MR) is 165 cm³/mol. The third-order valence-electron chi connectivity index (χ3n) is 9.07. The van der Waals surface area contributed by atoms with Gasteiger partial charge < -0.3 is 14.4 Å². The fourth-order valence-electron chi connectivity index (χ4n) is 6.33. The molecule has 9 heteroatoms. The van der Waals surface area contributed by atoms with Crippen LogP contribution in [0.5, 0.6) is 11.5 Å². The number of benzene rings is 2. The van der Waals surface area contributed by atoms with Gasteiger partial charge in [0.2, 0.25) is 0 Å². The number of hydrogen-bond donors (Lipinski definition) is 0. The molecular weight excluding hydrogens is 561 g/mol. The highest BCUT2D eigenvalue weighted by Crippen LogP contribution is 2.29. The van der Waals surface area contributed by atoms with E-state index in [1.54, 1.807) is 54.5 Å². The van der Waals surface area contributed by atoms with Crippen LogP contribution in [0.4, 0.5) is 4.39 Å². The van der Waals surface area contributed by atoms with Gasteiger partial charge in [-0.1, -0.05) is 13.0 Å². The number of pyridine rings is 1. The van der Waals surface area contributed by atoms with Crippen LogP contribution in [0.3, 0.4) is 0 Å². The van der Waals surface area contributed by atoms with Crippen molar-refractivity contribution in [2.75, 3.05) is 40.4 Å². The number of ether oxygens (including phenoxy) is 2. The summed E-state index contributed by atoms with van der Waals surface area (Å²) in [5.41, 5.74) is 2.37. The molecule has 2 atom stereocenters.